The molecule has 0 radical (unpaired) electrons. The summed E-state index contributed by atoms with van der Waals surface area (Å²) in [6, 6.07) is 10.7. The van der Waals surface area contributed by atoms with Crippen molar-refractivity contribution in [3.63, 3.8) is 0 Å². The molecule has 2 unspecified atom stereocenters. The highest BCUT2D eigenvalue weighted by Gasteiger charge is 2.31. The van der Waals surface area contributed by atoms with Gasteiger partial charge in [0, 0.05) is 35.7 Å². The van der Waals surface area contributed by atoms with E-state index in [1.54, 1.807) is 36.0 Å². The number of anilines is 1. The quantitative estimate of drug-likeness (QED) is 0.217. The van der Waals surface area contributed by atoms with Crippen LogP contribution in [0.1, 0.15) is 26.1 Å². The fourth-order valence-corrected chi connectivity index (χ4v) is 7.62. The number of aromatic nitrogens is 4. The maximum atomic E-state index is 12.7. The molecule has 0 spiro atoms. The molecule has 41 heavy (non-hydrogen) atoms. The summed E-state index contributed by atoms with van der Waals surface area (Å²) in [5, 5.41) is 23.7. The number of carbonyl (C=O) groups is 2. The highest BCUT2D eigenvalue weighted by atomic mass is 35.5. The first-order chi connectivity index (χ1) is 19.9. The van der Waals surface area contributed by atoms with Gasteiger partial charge in [0.15, 0.2) is 18.0 Å². The molecule has 0 aliphatic carbocycles. The minimum atomic E-state index is -0.613. The largest absolute Gasteiger partial charge is 0.482 e. The van der Waals surface area contributed by atoms with Crippen molar-refractivity contribution in [1.29, 1.82) is 0 Å². The van der Waals surface area contributed by atoms with Gasteiger partial charge in [-0.1, -0.05) is 34.5 Å². The molecule has 0 fully saturated rings. The molecule has 4 heterocycles. The number of amides is 1. The van der Waals surface area contributed by atoms with Crippen molar-refractivity contribution in [2.75, 3.05) is 16.8 Å². The second kappa shape index (κ2) is 12.6. The minimum Gasteiger partial charge on any atom is -0.482 e. The first-order valence-corrected chi connectivity index (χ1v) is 16.4. The van der Waals surface area contributed by atoms with Crippen LogP contribution in [-0.4, -0.2) is 55.8 Å². The number of ketones is 1. The van der Waals surface area contributed by atoms with Gasteiger partial charge in [0.05, 0.1) is 6.42 Å². The Hall–Kier alpha value is -2.77. The molecule has 2 aliphatic heterocycles. The molecule has 0 saturated heterocycles. The van der Waals surface area contributed by atoms with Crippen molar-refractivity contribution in [3.8, 4) is 11.5 Å². The first kappa shape index (κ1) is 28.4. The van der Waals surface area contributed by atoms with Gasteiger partial charge in [0.25, 0.3) is 5.91 Å². The number of thioether (sulfide) groups is 1. The van der Waals surface area contributed by atoms with Crippen LogP contribution in [0.4, 0.5) is 5.13 Å². The molecule has 1 N–H and O–H groups in total. The molecule has 0 saturated carbocycles. The van der Waals surface area contributed by atoms with Crippen LogP contribution in [0, 0.1) is 0 Å². The Morgan fingerprint density at radius 1 is 0.829 bits per heavy atom. The number of aryl methyl sites for hydroxylation is 2. The summed E-state index contributed by atoms with van der Waals surface area (Å²) in [6.07, 6.45) is 1.60. The monoisotopic (exact) mass is 647 g/mol. The van der Waals surface area contributed by atoms with E-state index < -0.39 is 12.2 Å². The number of hydrogen-bond acceptors (Lipinski definition) is 11. The van der Waals surface area contributed by atoms with Crippen LogP contribution in [0.2, 0.25) is 10.0 Å². The number of nitrogens with one attached hydrogen (secondary N) is 1. The zero-order valence-corrected chi connectivity index (χ0v) is 25.4. The molecular formula is C27H23Cl2N5O4S3. The highest BCUT2D eigenvalue weighted by Crippen LogP contribution is 2.33. The Labute approximate surface area is 258 Å². The summed E-state index contributed by atoms with van der Waals surface area (Å²) in [4.78, 5) is 25.4. The Bertz CT molecular complexity index is 1480. The summed E-state index contributed by atoms with van der Waals surface area (Å²) in [5.74, 6) is 2.87. The molecule has 2 aromatic carbocycles. The fraction of sp³-hybridized carbons (Fsp3) is 0.333. The van der Waals surface area contributed by atoms with Gasteiger partial charge in [-0.25, -0.2) is 0 Å². The van der Waals surface area contributed by atoms with E-state index >= 15 is 0 Å². The average Bonchev–Trinajstić information content (AvgIpc) is 3.74. The molecule has 212 valence electrons. The van der Waals surface area contributed by atoms with Gasteiger partial charge in [0.2, 0.25) is 5.13 Å². The first-order valence-electron chi connectivity index (χ1n) is 12.8. The molecule has 0 bridgehead atoms. The molecule has 14 heteroatoms. The lowest BCUT2D eigenvalue weighted by molar-refractivity contribution is -0.124. The maximum absolute atomic E-state index is 12.7. The average molecular weight is 649 g/mol. The molecule has 2 aromatic heterocycles. The smallest absolute Gasteiger partial charge is 0.267 e. The molecule has 4 aromatic rings. The van der Waals surface area contributed by atoms with Gasteiger partial charge in [0.1, 0.15) is 26.5 Å². The SMILES string of the molecule is O=C(Cc1nnc(CCSCCc2nnc(NC(=O)C3Cc4cc(Cl)ccc4O3)s2)s1)C1Cc2cc(Cl)ccc2O1. The van der Waals surface area contributed by atoms with Crippen LogP contribution in [0.3, 0.4) is 0 Å². The molecule has 1 amide bonds. The van der Waals surface area contributed by atoms with Gasteiger partial charge in [-0.3, -0.25) is 14.9 Å². The van der Waals surface area contributed by atoms with Crippen molar-refractivity contribution in [2.45, 2.75) is 44.3 Å². The van der Waals surface area contributed by atoms with Crippen LogP contribution in [0.25, 0.3) is 0 Å². The van der Waals surface area contributed by atoms with E-state index in [4.69, 9.17) is 32.7 Å². The van der Waals surface area contributed by atoms with E-state index in [1.165, 1.54) is 22.7 Å². The normalized spacial score (nSPS) is 17.0. The lowest BCUT2D eigenvalue weighted by Gasteiger charge is -2.08. The Morgan fingerprint density at radius 3 is 2.12 bits per heavy atom. The molecule has 9 nitrogen and oxygen atoms in total. The second-order valence-corrected chi connectivity index (χ2v) is 13.8. The van der Waals surface area contributed by atoms with Crippen molar-refractivity contribution in [3.05, 3.63) is 72.6 Å². The van der Waals surface area contributed by atoms with E-state index in [0.29, 0.717) is 44.5 Å². The van der Waals surface area contributed by atoms with Crippen LogP contribution >= 0.6 is 57.6 Å². The van der Waals surface area contributed by atoms with Crippen molar-refractivity contribution < 1.29 is 19.1 Å². The zero-order valence-electron chi connectivity index (χ0n) is 21.5. The third kappa shape index (κ3) is 7.00. The lowest BCUT2D eigenvalue weighted by Crippen LogP contribution is -2.31. The molecule has 6 rings (SSSR count). The number of halogens is 2. The summed E-state index contributed by atoms with van der Waals surface area (Å²) >= 11 is 16.7. The number of rotatable bonds is 11. The van der Waals surface area contributed by atoms with E-state index in [-0.39, 0.29) is 18.1 Å². The number of hydrogen-bond donors (Lipinski definition) is 1. The van der Waals surface area contributed by atoms with Crippen LogP contribution in [0.5, 0.6) is 11.5 Å². The Kier molecular flexibility index (Phi) is 8.73. The van der Waals surface area contributed by atoms with E-state index in [9.17, 15) is 9.59 Å². The van der Waals surface area contributed by atoms with Gasteiger partial charge >= 0.3 is 0 Å². The summed E-state index contributed by atoms with van der Waals surface area (Å²) in [6.45, 7) is 0. The van der Waals surface area contributed by atoms with Gasteiger partial charge in [-0.05, 0) is 59.0 Å². The molecule has 2 atom stereocenters. The van der Waals surface area contributed by atoms with Crippen molar-refractivity contribution in [2.24, 2.45) is 0 Å². The van der Waals surface area contributed by atoms with Crippen LogP contribution in [-0.2, 0) is 41.7 Å². The maximum Gasteiger partial charge on any atom is 0.267 e. The third-order valence-electron chi connectivity index (χ3n) is 6.50. The highest BCUT2D eigenvalue weighted by molar-refractivity contribution is 7.99. The number of nitrogens with zero attached hydrogens (tertiary/aromatic N) is 4. The predicted molar refractivity (Wildman–Crippen MR) is 161 cm³/mol. The number of fused-ring (bicyclic) bond motifs is 2. The Morgan fingerprint density at radius 2 is 1.41 bits per heavy atom. The summed E-state index contributed by atoms with van der Waals surface area (Å²) < 4.78 is 11.5. The van der Waals surface area contributed by atoms with E-state index in [2.05, 4.69) is 25.7 Å². The van der Waals surface area contributed by atoms with E-state index in [0.717, 1.165) is 45.5 Å². The second-order valence-electron chi connectivity index (χ2n) is 9.46. The van der Waals surface area contributed by atoms with Gasteiger partial charge < -0.3 is 9.47 Å². The minimum absolute atomic E-state index is 0.00668. The number of Topliss-reactive ketones (excluding diaryl/α,β-unsaturated/α-hetero) is 1. The topological polar surface area (TPSA) is 116 Å². The summed E-state index contributed by atoms with van der Waals surface area (Å²) in [5.41, 5.74) is 1.87. The van der Waals surface area contributed by atoms with Crippen LogP contribution < -0.4 is 14.8 Å². The number of ether oxygens (including phenoxy) is 2. The fourth-order valence-electron chi connectivity index (χ4n) is 4.50. The van der Waals surface area contributed by atoms with Crippen LogP contribution in [0.15, 0.2) is 36.4 Å². The van der Waals surface area contributed by atoms with Crippen molar-refractivity contribution >= 4 is 74.5 Å². The Balaban J connectivity index is 0.886. The molecular weight excluding hydrogens is 625 g/mol. The van der Waals surface area contributed by atoms with Gasteiger partial charge in [-0.2, -0.15) is 11.8 Å². The van der Waals surface area contributed by atoms with Gasteiger partial charge in [-0.15, -0.1) is 31.7 Å². The number of benzene rings is 2. The predicted octanol–water partition coefficient (Wildman–Crippen LogP) is 5.27. The summed E-state index contributed by atoms with van der Waals surface area (Å²) in [7, 11) is 0. The number of carbonyl (C=O) groups excluding carboxylic acids is 2. The third-order valence-corrected chi connectivity index (χ3v) is 9.83. The van der Waals surface area contributed by atoms with E-state index in [1.807, 2.05) is 12.1 Å². The molecule has 2 aliphatic rings. The lowest BCUT2D eigenvalue weighted by atomic mass is 10.1. The standard InChI is InChI=1S/C27H23Cl2N5O4S3/c28-16-1-3-19-14(9-16)11-21(37-19)18(35)13-25-33-31-23(40-25)5-7-39-8-6-24-32-34-27(41-24)30-26(36)22-12-15-10-17(29)2-4-20(15)38-22/h1-4,9-10,21-22H,5-8,11-13H2,(H,30,34,36). The zero-order chi connectivity index (χ0) is 28.3. The van der Waals surface area contributed by atoms with Crippen molar-refractivity contribution in [1.82, 2.24) is 20.4 Å².